The summed E-state index contributed by atoms with van der Waals surface area (Å²) < 4.78 is 0. The van der Waals surface area contributed by atoms with Crippen LogP contribution in [0.15, 0.2) is 42.7 Å². The molecule has 24 heavy (non-hydrogen) atoms. The smallest absolute Gasteiger partial charge is 0.127 e. The molecule has 3 heteroatoms. The van der Waals surface area contributed by atoms with E-state index in [4.69, 9.17) is 0 Å². The predicted octanol–water partition coefficient (Wildman–Crippen LogP) is 4.10. The largest absolute Gasteiger partial charge is 0.309 e. The Bertz CT molecular complexity index is 653. The molecule has 2 fully saturated rings. The molecule has 1 heterocycles. The first-order chi connectivity index (χ1) is 11.9. The van der Waals surface area contributed by atoms with E-state index >= 15 is 0 Å². The summed E-state index contributed by atoms with van der Waals surface area (Å²) in [6, 6.07) is 11.7. The standard InChI is InChI=1S/C21H27N3/c1-2-19-22-12-15(13-23-19)14-24-21-18-11-7-6-10-17(18)20(21)16-8-4-3-5-9-16/h3-5,8-9,12-13,17-18,20-21,24H,2,6-7,10-11,14H2,1H3/t17-,18-,20-,21-/m0/s1. The van der Waals surface area contributed by atoms with Gasteiger partial charge in [0.25, 0.3) is 0 Å². The highest BCUT2D eigenvalue weighted by Gasteiger charge is 2.50. The van der Waals surface area contributed by atoms with Gasteiger partial charge in [-0.1, -0.05) is 50.1 Å². The Morgan fingerprint density at radius 3 is 2.42 bits per heavy atom. The summed E-state index contributed by atoms with van der Waals surface area (Å²) in [5.41, 5.74) is 2.70. The van der Waals surface area contributed by atoms with Crippen molar-refractivity contribution in [1.82, 2.24) is 15.3 Å². The first-order valence-electron chi connectivity index (χ1n) is 9.45. The Balaban J connectivity index is 1.47. The van der Waals surface area contributed by atoms with Gasteiger partial charge in [0.1, 0.15) is 5.82 Å². The molecule has 0 aliphatic heterocycles. The van der Waals surface area contributed by atoms with Gasteiger partial charge in [-0.25, -0.2) is 9.97 Å². The molecular weight excluding hydrogens is 294 g/mol. The lowest BCUT2D eigenvalue weighted by molar-refractivity contribution is 0.0254. The molecule has 2 aromatic rings. The summed E-state index contributed by atoms with van der Waals surface area (Å²) in [6.45, 7) is 2.97. The zero-order chi connectivity index (χ0) is 16.4. The Kier molecular flexibility index (Phi) is 4.61. The molecule has 4 atom stereocenters. The predicted molar refractivity (Wildman–Crippen MR) is 96.7 cm³/mol. The van der Waals surface area contributed by atoms with Gasteiger partial charge < -0.3 is 5.32 Å². The van der Waals surface area contributed by atoms with Crippen molar-refractivity contribution in [2.45, 2.75) is 57.5 Å². The highest BCUT2D eigenvalue weighted by molar-refractivity contribution is 5.28. The van der Waals surface area contributed by atoms with E-state index in [0.29, 0.717) is 12.0 Å². The second kappa shape index (κ2) is 7.02. The molecule has 1 aromatic heterocycles. The van der Waals surface area contributed by atoms with Gasteiger partial charge in [-0.15, -0.1) is 0 Å². The lowest BCUT2D eigenvalue weighted by Crippen LogP contribution is -2.57. The van der Waals surface area contributed by atoms with E-state index in [1.165, 1.54) is 36.8 Å². The van der Waals surface area contributed by atoms with Gasteiger partial charge in [-0.2, -0.15) is 0 Å². The molecule has 0 radical (unpaired) electrons. The number of fused-ring (bicyclic) bond motifs is 1. The zero-order valence-electron chi connectivity index (χ0n) is 14.5. The van der Waals surface area contributed by atoms with Crippen molar-refractivity contribution < 1.29 is 0 Å². The van der Waals surface area contributed by atoms with Crippen LogP contribution >= 0.6 is 0 Å². The van der Waals surface area contributed by atoms with Gasteiger partial charge in [0.15, 0.2) is 0 Å². The van der Waals surface area contributed by atoms with Crippen LogP contribution in [0.4, 0.5) is 0 Å². The van der Waals surface area contributed by atoms with Gasteiger partial charge in [0, 0.05) is 42.9 Å². The molecule has 0 unspecified atom stereocenters. The molecule has 2 saturated carbocycles. The van der Waals surface area contributed by atoms with Gasteiger partial charge in [-0.05, 0) is 30.2 Å². The normalized spacial score (nSPS) is 28.9. The lowest BCUT2D eigenvalue weighted by Gasteiger charge is -2.55. The molecule has 0 bridgehead atoms. The van der Waals surface area contributed by atoms with E-state index < -0.39 is 0 Å². The Hall–Kier alpha value is -1.74. The third kappa shape index (κ3) is 2.98. The third-order valence-electron chi connectivity index (χ3n) is 5.99. The molecule has 0 amide bonds. The van der Waals surface area contributed by atoms with Crippen molar-refractivity contribution in [3.05, 3.63) is 59.7 Å². The van der Waals surface area contributed by atoms with Crippen molar-refractivity contribution in [3.63, 3.8) is 0 Å². The summed E-state index contributed by atoms with van der Waals surface area (Å²) in [5.74, 6) is 3.32. The Morgan fingerprint density at radius 2 is 1.71 bits per heavy atom. The molecule has 3 nitrogen and oxygen atoms in total. The van der Waals surface area contributed by atoms with E-state index in [0.717, 1.165) is 30.6 Å². The number of hydrogen-bond acceptors (Lipinski definition) is 3. The maximum absolute atomic E-state index is 4.43. The summed E-state index contributed by atoms with van der Waals surface area (Å²) in [6.07, 6.45) is 10.4. The number of aromatic nitrogens is 2. The van der Waals surface area contributed by atoms with Gasteiger partial charge in [0.2, 0.25) is 0 Å². The second-order valence-electron chi connectivity index (χ2n) is 7.32. The number of aryl methyl sites for hydroxylation is 1. The monoisotopic (exact) mass is 321 g/mol. The molecule has 1 N–H and O–H groups in total. The number of nitrogens with zero attached hydrogens (tertiary/aromatic N) is 2. The van der Waals surface area contributed by atoms with E-state index in [2.05, 4.69) is 52.5 Å². The summed E-state index contributed by atoms with van der Waals surface area (Å²) in [4.78, 5) is 8.85. The molecular formula is C21H27N3. The van der Waals surface area contributed by atoms with Crippen molar-refractivity contribution >= 4 is 0 Å². The third-order valence-corrected chi connectivity index (χ3v) is 5.99. The Morgan fingerprint density at radius 1 is 1.00 bits per heavy atom. The van der Waals surface area contributed by atoms with Gasteiger partial charge in [0.05, 0.1) is 0 Å². The maximum Gasteiger partial charge on any atom is 0.127 e. The summed E-state index contributed by atoms with van der Waals surface area (Å²) >= 11 is 0. The number of rotatable bonds is 5. The van der Waals surface area contributed by atoms with Crippen LogP contribution in [0.3, 0.4) is 0 Å². The number of nitrogens with one attached hydrogen (secondary N) is 1. The van der Waals surface area contributed by atoms with Crippen molar-refractivity contribution in [3.8, 4) is 0 Å². The first kappa shape index (κ1) is 15.8. The highest BCUT2D eigenvalue weighted by atomic mass is 15.0. The number of benzene rings is 1. The second-order valence-corrected chi connectivity index (χ2v) is 7.32. The van der Waals surface area contributed by atoms with E-state index in [1.807, 2.05) is 12.4 Å². The topological polar surface area (TPSA) is 37.8 Å². The van der Waals surface area contributed by atoms with Crippen LogP contribution in [-0.4, -0.2) is 16.0 Å². The molecule has 0 saturated heterocycles. The summed E-state index contributed by atoms with van der Waals surface area (Å²) in [7, 11) is 0. The quantitative estimate of drug-likeness (QED) is 0.901. The van der Waals surface area contributed by atoms with Gasteiger partial charge >= 0.3 is 0 Å². The van der Waals surface area contributed by atoms with E-state index in [1.54, 1.807) is 0 Å². The molecule has 2 aliphatic rings. The first-order valence-corrected chi connectivity index (χ1v) is 9.45. The fraction of sp³-hybridized carbons (Fsp3) is 0.524. The minimum Gasteiger partial charge on any atom is -0.309 e. The van der Waals surface area contributed by atoms with E-state index in [9.17, 15) is 0 Å². The molecule has 126 valence electrons. The minimum absolute atomic E-state index is 0.601. The van der Waals surface area contributed by atoms with E-state index in [-0.39, 0.29) is 0 Å². The maximum atomic E-state index is 4.43. The van der Waals surface area contributed by atoms with Crippen molar-refractivity contribution in [1.29, 1.82) is 0 Å². The van der Waals surface area contributed by atoms with Crippen molar-refractivity contribution in [2.24, 2.45) is 11.8 Å². The van der Waals surface area contributed by atoms with Gasteiger partial charge in [-0.3, -0.25) is 0 Å². The minimum atomic E-state index is 0.601. The highest BCUT2D eigenvalue weighted by Crippen LogP contribution is 2.54. The fourth-order valence-electron chi connectivity index (χ4n) is 4.77. The fourth-order valence-corrected chi connectivity index (χ4v) is 4.77. The zero-order valence-corrected chi connectivity index (χ0v) is 14.5. The van der Waals surface area contributed by atoms with Crippen LogP contribution in [0, 0.1) is 11.8 Å². The SMILES string of the molecule is CCc1ncc(CN[C@H]2[C@H]3CCCC[C@@H]3[C@@H]2c2ccccc2)cn1. The van der Waals surface area contributed by atoms with Crippen LogP contribution in [0.25, 0.3) is 0 Å². The Labute approximate surface area is 144 Å². The van der Waals surface area contributed by atoms with Crippen LogP contribution in [0.5, 0.6) is 0 Å². The average Bonchev–Trinajstić information content (AvgIpc) is 2.64. The number of hydrogen-bond donors (Lipinski definition) is 1. The van der Waals surface area contributed by atoms with Crippen LogP contribution < -0.4 is 5.32 Å². The molecule has 0 spiro atoms. The van der Waals surface area contributed by atoms with Crippen LogP contribution in [-0.2, 0) is 13.0 Å². The summed E-state index contributed by atoms with van der Waals surface area (Å²) in [5, 5.41) is 3.84. The van der Waals surface area contributed by atoms with Crippen LogP contribution in [0.2, 0.25) is 0 Å². The molecule has 1 aromatic carbocycles. The molecule has 2 aliphatic carbocycles. The lowest BCUT2D eigenvalue weighted by atomic mass is 9.53. The van der Waals surface area contributed by atoms with Crippen molar-refractivity contribution in [2.75, 3.05) is 0 Å². The average molecular weight is 321 g/mol. The molecule has 4 rings (SSSR count). The van der Waals surface area contributed by atoms with Crippen LogP contribution in [0.1, 0.15) is 55.5 Å².